The predicted octanol–water partition coefficient (Wildman–Crippen LogP) is 4.11. The number of unbranched alkanes of at least 4 members (excludes halogenated alkanes) is 2. The number of rotatable bonds is 7. The van der Waals surface area contributed by atoms with Crippen molar-refractivity contribution < 1.29 is 0 Å². The van der Waals surface area contributed by atoms with E-state index < -0.39 is 0 Å². The topological polar surface area (TPSA) is 0 Å². The van der Waals surface area contributed by atoms with Crippen LogP contribution in [0.1, 0.15) is 32.6 Å². The second kappa shape index (κ2) is 5.82. The Morgan fingerprint density at radius 1 is 1.00 bits per heavy atom. The molecule has 0 aliphatic rings. The summed E-state index contributed by atoms with van der Waals surface area (Å²) >= 11 is 0. The molecule has 68 valence electrons. The Hall–Kier alpha value is -0.780. The van der Waals surface area contributed by atoms with Crippen molar-refractivity contribution in [3.8, 4) is 0 Å². The van der Waals surface area contributed by atoms with Gasteiger partial charge in [0.15, 0.2) is 0 Å². The third kappa shape index (κ3) is 3.08. The molecule has 0 spiro atoms. The van der Waals surface area contributed by atoms with E-state index in [0.29, 0.717) is 0 Å². The summed E-state index contributed by atoms with van der Waals surface area (Å²) in [6, 6.07) is 0. The van der Waals surface area contributed by atoms with Gasteiger partial charge in [0.2, 0.25) is 0 Å². The fourth-order valence-electron chi connectivity index (χ4n) is 1.24. The molecule has 0 fully saturated rings. The Kier molecular flexibility index (Phi) is 5.44. The quantitative estimate of drug-likeness (QED) is 0.392. The van der Waals surface area contributed by atoms with E-state index in [1.54, 1.807) is 0 Å². The summed E-state index contributed by atoms with van der Waals surface area (Å²) in [6.45, 7) is 13.6. The molecular formula is C12H20. The van der Waals surface area contributed by atoms with Crippen molar-refractivity contribution in [2.75, 3.05) is 0 Å². The van der Waals surface area contributed by atoms with Crippen LogP contribution >= 0.6 is 0 Å². The monoisotopic (exact) mass is 164 g/mol. The molecule has 0 aromatic heterocycles. The van der Waals surface area contributed by atoms with E-state index in [-0.39, 0.29) is 5.41 Å². The van der Waals surface area contributed by atoms with Crippen LogP contribution in [0.2, 0.25) is 0 Å². The van der Waals surface area contributed by atoms with Crippen molar-refractivity contribution in [1.82, 2.24) is 0 Å². The molecule has 0 heteroatoms. The van der Waals surface area contributed by atoms with E-state index in [4.69, 9.17) is 0 Å². The Labute approximate surface area is 76.7 Å². The Morgan fingerprint density at radius 2 is 1.50 bits per heavy atom. The van der Waals surface area contributed by atoms with Crippen LogP contribution in [0.5, 0.6) is 0 Å². The van der Waals surface area contributed by atoms with Crippen molar-refractivity contribution in [2.24, 2.45) is 5.41 Å². The Morgan fingerprint density at radius 3 is 1.83 bits per heavy atom. The standard InChI is InChI=1S/C12H20/c1-5-9-10-11-12(6-2,7-3)8-4/h6-8H,2-5,9-11H2,1H3. The zero-order valence-corrected chi connectivity index (χ0v) is 8.18. The molecule has 0 atom stereocenters. The van der Waals surface area contributed by atoms with Crippen LogP contribution in [-0.4, -0.2) is 0 Å². The van der Waals surface area contributed by atoms with Gasteiger partial charge in [0.25, 0.3) is 0 Å². The minimum absolute atomic E-state index is 0.0326. The molecular weight excluding hydrogens is 144 g/mol. The van der Waals surface area contributed by atoms with Crippen LogP contribution in [-0.2, 0) is 0 Å². The van der Waals surface area contributed by atoms with Crippen LogP contribution in [0, 0.1) is 5.41 Å². The summed E-state index contributed by atoms with van der Waals surface area (Å²) in [6.07, 6.45) is 10.6. The first-order valence-corrected chi connectivity index (χ1v) is 4.65. The molecule has 0 saturated heterocycles. The molecule has 0 N–H and O–H groups in total. The van der Waals surface area contributed by atoms with Gasteiger partial charge in [-0.3, -0.25) is 0 Å². The summed E-state index contributed by atoms with van der Waals surface area (Å²) in [4.78, 5) is 0. The SMILES string of the molecule is C=CC(C=C)(C=C)CCCCC. The third-order valence-electron chi connectivity index (χ3n) is 2.35. The van der Waals surface area contributed by atoms with Gasteiger partial charge in [-0.2, -0.15) is 0 Å². The van der Waals surface area contributed by atoms with Crippen LogP contribution in [0.25, 0.3) is 0 Å². The van der Waals surface area contributed by atoms with E-state index in [1.165, 1.54) is 19.3 Å². The molecule has 0 nitrogen and oxygen atoms in total. The van der Waals surface area contributed by atoms with Gasteiger partial charge in [0.1, 0.15) is 0 Å². The van der Waals surface area contributed by atoms with Gasteiger partial charge in [-0.1, -0.05) is 44.4 Å². The minimum Gasteiger partial charge on any atom is -0.102 e. The summed E-state index contributed by atoms with van der Waals surface area (Å²) < 4.78 is 0. The Bertz CT molecular complexity index is 132. The molecule has 0 aromatic rings. The fraction of sp³-hybridized carbons (Fsp3) is 0.500. The second-order valence-corrected chi connectivity index (χ2v) is 3.18. The summed E-state index contributed by atoms with van der Waals surface area (Å²) in [7, 11) is 0. The van der Waals surface area contributed by atoms with Gasteiger partial charge in [0.05, 0.1) is 0 Å². The van der Waals surface area contributed by atoms with E-state index in [2.05, 4.69) is 26.7 Å². The molecule has 0 radical (unpaired) electrons. The Balaban J connectivity index is 4.02. The largest absolute Gasteiger partial charge is 0.102 e. The van der Waals surface area contributed by atoms with Crippen molar-refractivity contribution >= 4 is 0 Å². The molecule has 0 aliphatic carbocycles. The smallest absolute Gasteiger partial charge is 0.0234 e. The van der Waals surface area contributed by atoms with Gasteiger partial charge in [-0.15, -0.1) is 19.7 Å². The number of hydrogen-bond donors (Lipinski definition) is 0. The lowest BCUT2D eigenvalue weighted by molar-refractivity contribution is 0.518. The highest BCUT2D eigenvalue weighted by Crippen LogP contribution is 2.28. The second-order valence-electron chi connectivity index (χ2n) is 3.18. The number of allylic oxidation sites excluding steroid dienone is 3. The summed E-state index contributed by atoms with van der Waals surface area (Å²) in [5.41, 5.74) is -0.0326. The first-order valence-electron chi connectivity index (χ1n) is 4.65. The van der Waals surface area contributed by atoms with E-state index in [1.807, 2.05) is 18.2 Å². The van der Waals surface area contributed by atoms with Crippen molar-refractivity contribution in [1.29, 1.82) is 0 Å². The van der Waals surface area contributed by atoms with E-state index >= 15 is 0 Å². The normalized spacial score (nSPS) is 10.8. The van der Waals surface area contributed by atoms with Crippen LogP contribution in [0.4, 0.5) is 0 Å². The summed E-state index contributed by atoms with van der Waals surface area (Å²) in [5.74, 6) is 0. The van der Waals surface area contributed by atoms with Gasteiger partial charge in [-0.05, 0) is 6.42 Å². The molecule has 0 unspecified atom stereocenters. The van der Waals surface area contributed by atoms with Gasteiger partial charge in [-0.25, -0.2) is 0 Å². The van der Waals surface area contributed by atoms with Crippen molar-refractivity contribution in [3.63, 3.8) is 0 Å². The highest BCUT2D eigenvalue weighted by atomic mass is 14.2. The molecule has 12 heavy (non-hydrogen) atoms. The highest BCUT2D eigenvalue weighted by molar-refractivity contribution is 5.15. The number of hydrogen-bond acceptors (Lipinski definition) is 0. The van der Waals surface area contributed by atoms with Gasteiger partial charge in [0, 0.05) is 5.41 Å². The molecule has 0 aromatic carbocycles. The van der Waals surface area contributed by atoms with E-state index in [0.717, 1.165) is 6.42 Å². The molecule has 0 amide bonds. The summed E-state index contributed by atoms with van der Waals surface area (Å²) in [5, 5.41) is 0. The average Bonchev–Trinajstić information content (AvgIpc) is 2.14. The minimum atomic E-state index is -0.0326. The lowest BCUT2D eigenvalue weighted by Gasteiger charge is -2.21. The predicted molar refractivity (Wildman–Crippen MR) is 57.2 cm³/mol. The maximum Gasteiger partial charge on any atom is 0.0234 e. The van der Waals surface area contributed by atoms with Gasteiger partial charge >= 0.3 is 0 Å². The van der Waals surface area contributed by atoms with Crippen molar-refractivity contribution in [2.45, 2.75) is 32.6 Å². The maximum absolute atomic E-state index is 3.81. The fourth-order valence-corrected chi connectivity index (χ4v) is 1.24. The highest BCUT2D eigenvalue weighted by Gasteiger charge is 2.16. The van der Waals surface area contributed by atoms with Crippen LogP contribution < -0.4 is 0 Å². The first-order chi connectivity index (χ1) is 5.74. The molecule has 0 bridgehead atoms. The maximum atomic E-state index is 3.81. The molecule has 0 saturated carbocycles. The zero-order chi connectivity index (χ0) is 9.45. The lowest BCUT2D eigenvalue weighted by Crippen LogP contribution is -2.09. The third-order valence-corrected chi connectivity index (χ3v) is 2.35. The average molecular weight is 164 g/mol. The van der Waals surface area contributed by atoms with Crippen molar-refractivity contribution in [3.05, 3.63) is 38.0 Å². The molecule has 0 aliphatic heterocycles. The lowest BCUT2D eigenvalue weighted by atomic mass is 9.83. The van der Waals surface area contributed by atoms with E-state index in [9.17, 15) is 0 Å². The molecule has 0 heterocycles. The first kappa shape index (κ1) is 11.2. The van der Waals surface area contributed by atoms with Crippen LogP contribution in [0.15, 0.2) is 38.0 Å². The van der Waals surface area contributed by atoms with Gasteiger partial charge < -0.3 is 0 Å². The van der Waals surface area contributed by atoms with Crippen LogP contribution in [0.3, 0.4) is 0 Å². The zero-order valence-electron chi connectivity index (χ0n) is 8.18. The molecule has 0 rings (SSSR count).